The number of ether oxygens (including phenoxy) is 1. The average molecular weight is 441 g/mol. The highest BCUT2D eigenvalue weighted by atomic mass is 35.5. The van der Waals surface area contributed by atoms with Gasteiger partial charge in [-0.15, -0.1) is 0 Å². The summed E-state index contributed by atoms with van der Waals surface area (Å²) in [5, 5.41) is 0.0519. The van der Waals surface area contributed by atoms with Gasteiger partial charge in [0.25, 0.3) is 5.91 Å². The molecule has 0 saturated carbocycles. The number of piperazine rings is 1. The van der Waals surface area contributed by atoms with Gasteiger partial charge in [0.1, 0.15) is 11.6 Å². The van der Waals surface area contributed by atoms with Gasteiger partial charge in [0.2, 0.25) is 5.91 Å². The molecular formula is C21H20ClF3N2O3. The van der Waals surface area contributed by atoms with Crippen molar-refractivity contribution in [3.05, 3.63) is 64.4 Å². The zero-order chi connectivity index (χ0) is 21.7. The molecule has 2 amide bonds. The second kappa shape index (κ2) is 9.84. The molecule has 1 saturated heterocycles. The lowest BCUT2D eigenvalue weighted by Gasteiger charge is -2.35. The van der Waals surface area contributed by atoms with Gasteiger partial charge in [0.15, 0.2) is 11.6 Å². The molecule has 0 radical (unpaired) electrons. The smallest absolute Gasteiger partial charge is 0.255 e. The Morgan fingerprint density at radius 3 is 2.23 bits per heavy atom. The average Bonchev–Trinajstić information content (AvgIpc) is 2.72. The Morgan fingerprint density at radius 2 is 1.57 bits per heavy atom. The predicted molar refractivity (Wildman–Crippen MR) is 105 cm³/mol. The van der Waals surface area contributed by atoms with Crippen LogP contribution in [0.3, 0.4) is 0 Å². The third kappa shape index (κ3) is 5.44. The minimum atomic E-state index is -0.789. The number of rotatable bonds is 6. The van der Waals surface area contributed by atoms with Crippen molar-refractivity contribution >= 4 is 23.4 Å². The lowest BCUT2D eigenvalue weighted by atomic mass is 10.1. The van der Waals surface area contributed by atoms with E-state index in [0.29, 0.717) is 32.6 Å². The Kier molecular flexibility index (Phi) is 7.20. The summed E-state index contributed by atoms with van der Waals surface area (Å²) in [6, 6.07) is 6.66. The summed E-state index contributed by atoms with van der Waals surface area (Å²) in [4.78, 5) is 28.1. The first kappa shape index (κ1) is 22.0. The van der Waals surface area contributed by atoms with Gasteiger partial charge in [0, 0.05) is 38.7 Å². The first-order valence-electron chi connectivity index (χ1n) is 9.45. The fourth-order valence-electron chi connectivity index (χ4n) is 3.15. The van der Waals surface area contributed by atoms with Crippen molar-refractivity contribution in [2.45, 2.75) is 12.8 Å². The van der Waals surface area contributed by atoms with Gasteiger partial charge in [-0.05, 0) is 36.8 Å². The zero-order valence-corrected chi connectivity index (χ0v) is 16.8. The summed E-state index contributed by atoms with van der Waals surface area (Å²) < 4.78 is 44.8. The Labute approximate surface area is 177 Å². The van der Waals surface area contributed by atoms with E-state index < -0.39 is 17.5 Å². The fourth-order valence-corrected chi connectivity index (χ4v) is 3.40. The van der Waals surface area contributed by atoms with E-state index in [1.165, 1.54) is 18.2 Å². The fraction of sp³-hybridized carbons (Fsp3) is 0.333. The van der Waals surface area contributed by atoms with Gasteiger partial charge in [-0.3, -0.25) is 9.59 Å². The SMILES string of the molecule is O=C(CCCOc1ccc(F)cc1F)N1CCN(C(=O)c2ccc(F)cc2Cl)CC1. The molecular weight excluding hydrogens is 421 g/mol. The van der Waals surface area contributed by atoms with E-state index in [2.05, 4.69) is 0 Å². The third-order valence-electron chi connectivity index (χ3n) is 4.77. The molecule has 2 aromatic rings. The van der Waals surface area contributed by atoms with Crippen LogP contribution in [0.15, 0.2) is 36.4 Å². The minimum absolute atomic E-state index is 0.0519. The van der Waals surface area contributed by atoms with Gasteiger partial charge in [-0.1, -0.05) is 11.6 Å². The number of hydrogen-bond acceptors (Lipinski definition) is 3. The molecule has 0 aromatic heterocycles. The van der Waals surface area contributed by atoms with E-state index in [4.69, 9.17) is 16.3 Å². The van der Waals surface area contributed by atoms with E-state index in [9.17, 15) is 22.8 Å². The summed E-state index contributed by atoms with van der Waals surface area (Å²) in [7, 11) is 0. The molecule has 1 aliphatic rings. The van der Waals surface area contributed by atoms with Gasteiger partial charge >= 0.3 is 0 Å². The molecule has 0 N–H and O–H groups in total. The van der Waals surface area contributed by atoms with Gasteiger partial charge in [-0.2, -0.15) is 0 Å². The number of hydrogen-bond donors (Lipinski definition) is 0. The first-order chi connectivity index (χ1) is 14.3. The first-order valence-corrected chi connectivity index (χ1v) is 9.83. The molecule has 0 unspecified atom stereocenters. The van der Waals surface area contributed by atoms with E-state index in [1.54, 1.807) is 9.80 Å². The van der Waals surface area contributed by atoms with Crippen molar-refractivity contribution in [2.24, 2.45) is 0 Å². The van der Waals surface area contributed by atoms with Crippen molar-refractivity contribution in [1.82, 2.24) is 9.80 Å². The van der Waals surface area contributed by atoms with Gasteiger partial charge < -0.3 is 14.5 Å². The molecule has 1 fully saturated rings. The highest BCUT2D eigenvalue weighted by Crippen LogP contribution is 2.20. The summed E-state index contributed by atoms with van der Waals surface area (Å²) in [5.74, 6) is -2.45. The van der Waals surface area contributed by atoms with Crippen molar-refractivity contribution < 1.29 is 27.5 Å². The largest absolute Gasteiger partial charge is 0.491 e. The summed E-state index contributed by atoms with van der Waals surface area (Å²) in [6.45, 7) is 1.55. The number of benzene rings is 2. The van der Waals surface area contributed by atoms with Crippen LogP contribution >= 0.6 is 11.6 Å². The number of carbonyl (C=O) groups excluding carboxylic acids is 2. The van der Waals surface area contributed by atoms with Crippen LogP contribution < -0.4 is 4.74 Å². The normalized spacial score (nSPS) is 14.0. The highest BCUT2D eigenvalue weighted by molar-refractivity contribution is 6.33. The van der Waals surface area contributed by atoms with Crippen LogP contribution in [0, 0.1) is 17.5 Å². The van der Waals surface area contributed by atoms with Gasteiger partial charge in [0.05, 0.1) is 17.2 Å². The van der Waals surface area contributed by atoms with Crippen molar-refractivity contribution in [1.29, 1.82) is 0 Å². The lowest BCUT2D eigenvalue weighted by molar-refractivity contribution is -0.132. The maximum absolute atomic E-state index is 13.5. The van der Waals surface area contributed by atoms with Crippen molar-refractivity contribution in [3.63, 3.8) is 0 Å². The molecule has 1 heterocycles. The van der Waals surface area contributed by atoms with Crippen LogP contribution in [-0.2, 0) is 4.79 Å². The van der Waals surface area contributed by atoms with E-state index in [0.717, 1.165) is 18.2 Å². The summed E-state index contributed by atoms with van der Waals surface area (Å²) in [5.41, 5.74) is 0.225. The van der Waals surface area contributed by atoms with Crippen molar-refractivity contribution in [3.8, 4) is 5.75 Å². The van der Waals surface area contributed by atoms with Crippen LogP contribution in [0.25, 0.3) is 0 Å². The second-order valence-electron chi connectivity index (χ2n) is 6.82. The standard InChI is InChI=1S/C21H20ClF3N2O3/c22-17-12-14(23)3-5-16(17)21(29)27-9-7-26(8-10-27)20(28)2-1-11-30-19-6-4-15(24)13-18(19)25/h3-6,12-13H,1-2,7-11H2. The lowest BCUT2D eigenvalue weighted by Crippen LogP contribution is -2.50. The quantitative estimate of drug-likeness (QED) is 0.640. The second-order valence-corrected chi connectivity index (χ2v) is 7.23. The highest BCUT2D eigenvalue weighted by Gasteiger charge is 2.25. The van der Waals surface area contributed by atoms with E-state index in [-0.39, 0.29) is 41.2 Å². The topological polar surface area (TPSA) is 49.9 Å². The summed E-state index contributed by atoms with van der Waals surface area (Å²) >= 11 is 5.95. The molecule has 160 valence electrons. The van der Waals surface area contributed by atoms with Crippen LogP contribution in [0.4, 0.5) is 13.2 Å². The molecule has 9 heteroatoms. The Morgan fingerprint density at radius 1 is 0.933 bits per heavy atom. The minimum Gasteiger partial charge on any atom is -0.491 e. The van der Waals surface area contributed by atoms with Gasteiger partial charge in [-0.25, -0.2) is 13.2 Å². The molecule has 0 spiro atoms. The number of amides is 2. The third-order valence-corrected chi connectivity index (χ3v) is 5.08. The van der Waals surface area contributed by atoms with Crippen LogP contribution in [0.2, 0.25) is 5.02 Å². The number of nitrogens with zero attached hydrogens (tertiary/aromatic N) is 2. The molecule has 2 aromatic carbocycles. The molecule has 5 nitrogen and oxygen atoms in total. The van der Waals surface area contributed by atoms with Crippen LogP contribution in [-0.4, -0.2) is 54.4 Å². The van der Waals surface area contributed by atoms with Crippen LogP contribution in [0.1, 0.15) is 23.2 Å². The molecule has 1 aliphatic heterocycles. The van der Waals surface area contributed by atoms with Crippen molar-refractivity contribution in [2.75, 3.05) is 32.8 Å². The Balaban J connectivity index is 1.42. The molecule has 30 heavy (non-hydrogen) atoms. The molecule has 0 bridgehead atoms. The monoisotopic (exact) mass is 440 g/mol. The number of carbonyl (C=O) groups is 2. The maximum Gasteiger partial charge on any atom is 0.255 e. The van der Waals surface area contributed by atoms with Crippen LogP contribution in [0.5, 0.6) is 5.75 Å². The number of halogens is 4. The van der Waals surface area contributed by atoms with E-state index in [1.807, 2.05) is 0 Å². The summed E-state index contributed by atoms with van der Waals surface area (Å²) in [6.07, 6.45) is 0.584. The zero-order valence-electron chi connectivity index (χ0n) is 16.0. The Bertz CT molecular complexity index is 934. The Hall–Kier alpha value is -2.74. The molecule has 3 rings (SSSR count). The molecule has 0 aliphatic carbocycles. The van der Waals surface area contributed by atoms with E-state index >= 15 is 0 Å². The maximum atomic E-state index is 13.5. The molecule has 0 atom stereocenters. The predicted octanol–water partition coefficient (Wildman–Crippen LogP) is 3.90.